The molecule has 0 spiro atoms. The first-order valence-electron chi connectivity index (χ1n) is 9.95. The number of fused-ring (bicyclic) bond motifs is 1. The number of methoxy groups -OCH3 is 1. The zero-order valence-electron chi connectivity index (χ0n) is 16.7. The minimum absolute atomic E-state index is 0.736. The molecule has 0 unspecified atom stereocenters. The Morgan fingerprint density at radius 2 is 1.74 bits per heavy atom. The van der Waals surface area contributed by atoms with Gasteiger partial charge in [-0.3, -0.25) is 0 Å². The molecule has 0 atom stereocenters. The van der Waals surface area contributed by atoms with Crippen molar-refractivity contribution in [1.29, 1.82) is 0 Å². The quantitative estimate of drug-likeness (QED) is 0.526. The van der Waals surface area contributed by atoms with Crippen molar-refractivity contribution in [2.24, 2.45) is 5.73 Å². The number of aromatic amines is 1. The fraction of sp³-hybridized carbons (Fsp3) is 0.391. The van der Waals surface area contributed by atoms with E-state index in [1.165, 1.54) is 27.9 Å². The highest BCUT2D eigenvalue weighted by molar-refractivity contribution is 5.92. The van der Waals surface area contributed by atoms with E-state index in [0.717, 1.165) is 50.2 Å². The number of H-pyrrole nitrogens is 1. The molecule has 0 fully saturated rings. The van der Waals surface area contributed by atoms with Crippen LogP contribution in [0.2, 0.25) is 0 Å². The van der Waals surface area contributed by atoms with Crippen LogP contribution in [0.15, 0.2) is 42.5 Å². The van der Waals surface area contributed by atoms with Crippen molar-refractivity contribution < 1.29 is 4.74 Å². The predicted octanol–water partition coefficient (Wildman–Crippen LogP) is 4.97. The number of anilines is 1. The Hall–Kier alpha value is -2.46. The average molecular weight is 366 g/mol. The second-order valence-corrected chi connectivity index (χ2v) is 6.86. The minimum Gasteiger partial charge on any atom is -0.497 e. The molecule has 1 aromatic heterocycles. The molecule has 3 N–H and O–H groups in total. The average Bonchev–Trinajstić information content (AvgIpc) is 3.07. The van der Waals surface area contributed by atoms with Gasteiger partial charge in [0.05, 0.1) is 7.11 Å². The van der Waals surface area contributed by atoms with Crippen LogP contribution in [0.1, 0.15) is 32.3 Å². The summed E-state index contributed by atoms with van der Waals surface area (Å²) in [6.07, 6.45) is 3.14. The monoisotopic (exact) mass is 365 g/mol. The molecule has 4 heteroatoms. The highest BCUT2D eigenvalue weighted by Gasteiger charge is 2.14. The van der Waals surface area contributed by atoms with E-state index >= 15 is 0 Å². The summed E-state index contributed by atoms with van der Waals surface area (Å²) in [7, 11) is 1.72. The third-order valence-corrected chi connectivity index (χ3v) is 5.28. The number of aryl methyl sites for hydroxylation is 1. The van der Waals surface area contributed by atoms with Gasteiger partial charge in [0.15, 0.2) is 0 Å². The first kappa shape index (κ1) is 19.3. The summed E-state index contributed by atoms with van der Waals surface area (Å²) in [5.74, 6) is 0.894. The number of benzene rings is 2. The van der Waals surface area contributed by atoms with Crippen molar-refractivity contribution >= 4 is 16.6 Å². The molecule has 1 heterocycles. The van der Waals surface area contributed by atoms with Crippen LogP contribution in [0, 0.1) is 0 Å². The summed E-state index contributed by atoms with van der Waals surface area (Å²) in [5.41, 5.74) is 11.9. The number of unbranched alkanes of at least 4 members (excludes halogenated alkanes) is 1. The van der Waals surface area contributed by atoms with Crippen LogP contribution in [0.5, 0.6) is 5.75 Å². The minimum atomic E-state index is 0.736. The topological polar surface area (TPSA) is 54.3 Å². The van der Waals surface area contributed by atoms with Crippen LogP contribution in [-0.2, 0) is 6.42 Å². The molecule has 0 aliphatic heterocycles. The molecule has 144 valence electrons. The number of nitrogens with zero attached hydrogens (tertiary/aromatic N) is 1. The third-order valence-electron chi connectivity index (χ3n) is 5.28. The van der Waals surface area contributed by atoms with Gasteiger partial charge >= 0.3 is 0 Å². The normalized spacial score (nSPS) is 11.1. The van der Waals surface area contributed by atoms with Gasteiger partial charge in [-0.05, 0) is 81.1 Å². The molecule has 0 aliphatic rings. The van der Waals surface area contributed by atoms with E-state index in [-0.39, 0.29) is 0 Å². The van der Waals surface area contributed by atoms with Gasteiger partial charge in [0, 0.05) is 35.4 Å². The Kier molecular flexibility index (Phi) is 6.40. The molecule has 3 aromatic rings. The number of rotatable bonds is 9. The van der Waals surface area contributed by atoms with Gasteiger partial charge in [0.2, 0.25) is 0 Å². The second kappa shape index (κ2) is 8.96. The number of hydrogen-bond donors (Lipinski definition) is 2. The number of hydrogen-bond acceptors (Lipinski definition) is 3. The summed E-state index contributed by atoms with van der Waals surface area (Å²) in [6.45, 7) is 7.16. The van der Waals surface area contributed by atoms with Gasteiger partial charge in [-0.25, -0.2) is 0 Å². The number of aromatic nitrogens is 1. The lowest BCUT2D eigenvalue weighted by atomic mass is 10.00. The van der Waals surface area contributed by atoms with E-state index in [9.17, 15) is 0 Å². The maximum atomic E-state index is 5.71. The summed E-state index contributed by atoms with van der Waals surface area (Å²) in [5, 5.41) is 1.24. The first-order valence-corrected chi connectivity index (χ1v) is 9.95. The van der Waals surface area contributed by atoms with Gasteiger partial charge in [-0.2, -0.15) is 0 Å². The Balaban J connectivity index is 2.02. The van der Waals surface area contributed by atoms with Crippen LogP contribution in [0.3, 0.4) is 0 Å². The van der Waals surface area contributed by atoms with Crippen molar-refractivity contribution in [3.8, 4) is 17.0 Å². The second-order valence-electron chi connectivity index (χ2n) is 6.86. The van der Waals surface area contributed by atoms with Gasteiger partial charge in [-0.15, -0.1) is 0 Å². The molecule has 4 nitrogen and oxygen atoms in total. The molecule has 0 radical (unpaired) electrons. The fourth-order valence-corrected chi connectivity index (χ4v) is 3.73. The molecule has 0 saturated carbocycles. The molecule has 0 aliphatic carbocycles. The van der Waals surface area contributed by atoms with E-state index in [1.807, 2.05) is 6.07 Å². The number of nitrogens with one attached hydrogen (secondary N) is 1. The van der Waals surface area contributed by atoms with E-state index in [2.05, 4.69) is 60.1 Å². The van der Waals surface area contributed by atoms with Crippen molar-refractivity contribution in [3.63, 3.8) is 0 Å². The molecular weight excluding hydrogens is 334 g/mol. The highest BCUT2D eigenvalue weighted by atomic mass is 16.5. The third kappa shape index (κ3) is 4.11. The van der Waals surface area contributed by atoms with Gasteiger partial charge < -0.3 is 20.4 Å². The zero-order valence-corrected chi connectivity index (χ0v) is 16.7. The molecule has 0 saturated heterocycles. The van der Waals surface area contributed by atoms with Crippen LogP contribution in [0.4, 0.5) is 5.69 Å². The maximum absolute atomic E-state index is 5.71. The Morgan fingerprint density at radius 3 is 2.37 bits per heavy atom. The van der Waals surface area contributed by atoms with Crippen LogP contribution >= 0.6 is 0 Å². The molecule has 0 amide bonds. The van der Waals surface area contributed by atoms with Crippen molar-refractivity contribution in [3.05, 3.63) is 48.0 Å². The SMILES string of the molecule is CCN(CC)c1ccc(-c2[nH]c3ccc(OC)cc3c2CCCCN)cc1. The number of ether oxygens (including phenoxy) is 1. The van der Waals surface area contributed by atoms with Crippen LogP contribution in [-0.4, -0.2) is 31.7 Å². The standard InChI is InChI=1S/C23H31N3O/c1-4-26(5-2)18-11-9-17(10-12-18)23-20(8-6-7-15-24)21-16-19(27-3)13-14-22(21)25-23/h9-14,16,25H,4-8,15,24H2,1-3H3. The fourth-order valence-electron chi connectivity index (χ4n) is 3.73. The van der Waals surface area contributed by atoms with E-state index in [1.54, 1.807) is 7.11 Å². The molecule has 2 aromatic carbocycles. The molecule has 3 rings (SSSR count). The van der Waals surface area contributed by atoms with E-state index in [4.69, 9.17) is 10.5 Å². The number of nitrogens with two attached hydrogens (primary N) is 1. The van der Waals surface area contributed by atoms with Gasteiger partial charge in [0.25, 0.3) is 0 Å². The first-order chi connectivity index (χ1) is 13.2. The predicted molar refractivity (Wildman–Crippen MR) is 116 cm³/mol. The summed E-state index contributed by atoms with van der Waals surface area (Å²) < 4.78 is 5.45. The van der Waals surface area contributed by atoms with Gasteiger partial charge in [0.1, 0.15) is 5.75 Å². The maximum Gasteiger partial charge on any atom is 0.119 e. The van der Waals surface area contributed by atoms with Crippen LogP contribution < -0.4 is 15.4 Å². The summed E-state index contributed by atoms with van der Waals surface area (Å²) in [4.78, 5) is 6.00. The zero-order chi connectivity index (χ0) is 19.2. The molecule has 27 heavy (non-hydrogen) atoms. The van der Waals surface area contributed by atoms with Crippen molar-refractivity contribution in [2.75, 3.05) is 31.6 Å². The molecular formula is C23H31N3O. The van der Waals surface area contributed by atoms with E-state index < -0.39 is 0 Å². The Bertz CT molecular complexity index is 863. The van der Waals surface area contributed by atoms with Crippen LogP contribution in [0.25, 0.3) is 22.2 Å². The highest BCUT2D eigenvalue weighted by Crippen LogP contribution is 2.34. The summed E-state index contributed by atoms with van der Waals surface area (Å²) >= 11 is 0. The summed E-state index contributed by atoms with van der Waals surface area (Å²) in [6, 6.07) is 15.1. The Labute approximate surface area is 162 Å². The van der Waals surface area contributed by atoms with Gasteiger partial charge in [-0.1, -0.05) is 12.1 Å². The van der Waals surface area contributed by atoms with E-state index in [0.29, 0.717) is 0 Å². The lowest BCUT2D eigenvalue weighted by molar-refractivity contribution is 0.415. The lowest BCUT2D eigenvalue weighted by Crippen LogP contribution is -2.21. The van der Waals surface area contributed by atoms with Crippen molar-refractivity contribution in [1.82, 2.24) is 4.98 Å². The molecule has 0 bridgehead atoms. The lowest BCUT2D eigenvalue weighted by Gasteiger charge is -2.21. The smallest absolute Gasteiger partial charge is 0.119 e. The Morgan fingerprint density at radius 1 is 1.00 bits per heavy atom. The largest absolute Gasteiger partial charge is 0.497 e. The van der Waals surface area contributed by atoms with Crippen molar-refractivity contribution in [2.45, 2.75) is 33.1 Å².